The number of aliphatic hydroxyl groups excluding tert-OH is 1. The molecule has 5 heteroatoms. The molecule has 0 spiro atoms. The van der Waals surface area contributed by atoms with Crippen molar-refractivity contribution >= 4 is 0 Å². The van der Waals surface area contributed by atoms with Gasteiger partial charge in [0.15, 0.2) is 0 Å². The minimum absolute atomic E-state index is 0.133. The molecule has 1 aromatic rings. The van der Waals surface area contributed by atoms with Gasteiger partial charge in [0.25, 0.3) is 6.43 Å². The Bertz CT molecular complexity index is 303. The van der Waals surface area contributed by atoms with Gasteiger partial charge in [-0.05, 0) is 11.1 Å². The zero-order valence-corrected chi connectivity index (χ0v) is 8.77. The first-order chi connectivity index (χ1) is 7.63. The fourth-order valence-electron chi connectivity index (χ4n) is 1.24. The number of alkyl halides is 2. The molecule has 0 heterocycles. The van der Waals surface area contributed by atoms with E-state index in [1.807, 2.05) is 0 Å². The van der Waals surface area contributed by atoms with Crippen LogP contribution in [0.3, 0.4) is 0 Å². The van der Waals surface area contributed by atoms with Crippen LogP contribution in [0, 0.1) is 0 Å². The number of rotatable bonds is 6. The number of hydrogen-bond acceptors (Lipinski definition) is 3. The summed E-state index contributed by atoms with van der Waals surface area (Å²) in [5.74, 6) is 0. The van der Waals surface area contributed by atoms with Gasteiger partial charge in [0, 0.05) is 6.54 Å². The second-order valence-corrected chi connectivity index (χ2v) is 3.39. The highest BCUT2D eigenvalue weighted by molar-refractivity contribution is 5.23. The third-order valence-corrected chi connectivity index (χ3v) is 2.12. The van der Waals surface area contributed by atoms with E-state index in [2.05, 4.69) is 4.74 Å². The van der Waals surface area contributed by atoms with Crippen molar-refractivity contribution in [1.29, 1.82) is 0 Å². The number of ether oxygens (including phenoxy) is 1. The van der Waals surface area contributed by atoms with Crippen LogP contribution in [0.2, 0.25) is 0 Å². The summed E-state index contributed by atoms with van der Waals surface area (Å²) >= 11 is 0. The van der Waals surface area contributed by atoms with Gasteiger partial charge in [0.05, 0.1) is 6.61 Å². The molecular formula is C11H15F2NO2. The van der Waals surface area contributed by atoms with Gasteiger partial charge in [-0.2, -0.15) is 0 Å². The summed E-state index contributed by atoms with van der Waals surface area (Å²) in [6, 6.07) is 6.98. The van der Waals surface area contributed by atoms with Crippen LogP contribution >= 0.6 is 0 Å². The average Bonchev–Trinajstić information content (AvgIpc) is 2.28. The van der Waals surface area contributed by atoms with Crippen molar-refractivity contribution in [2.75, 3.05) is 13.2 Å². The lowest BCUT2D eigenvalue weighted by molar-refractivity contribution is -0.0204. The molecule has 0 radical (unpaired) electrons. The van der Waals surface area contributed by atoms with Gasteiger partial charge < -0.3 is 15.6 Å². The van der Waals surface area contributed by atoms with Crippen LogP contribution in [0.15, 0.2) is 24.3 Å². The normalized spacial score (nSPS) is 13.1. The maximum atomic E-state index is 11.8. The molecule has 16 heavy (non-hydrogen) atoms. The highest BCUT2D eigenvalue weighted by atomic mass is 19.3. The summed E-state index contributed by atoms with van der Waals surface area (Å²) in [4.78, 5) is 0. The molecule has 1 rings (SSSR count). The lowest BCUT2D eigenvalue weighted by atomic mass is 10.1. The molecule has 1 aromatic carbocycles. The molecule has 1 atom stereocenters. The van der Waals surface area contributed by atoms with Gasteiger partial charge >= 0.3 is 0 Å². The molecule has 0 saturated heterocycles. The Morgan fingerprint density at radius 1 is 1.19 bits per heavy atom. The van der Waals surface area contributed by atoms with E-state index in [9.17, 15) is 13.9 Å². The minimum Gasteiger partial charge on any atom is -0.386 e. The van der Waals surface area contributed by atoms with Crippen molar-refractivity contribution in [2.24, 2.45) is 5.73 Å². The summed E-state index contributed by atoms with van der Waals surface area (Å²) in [5, 5.41) is 9.60. The number of hydrogen-bond donors (Lipinski definition) is 2. The summed E-state index contributed by atoms with van der Waals surface area (Å²) in [7, 11) is 0. The molecule has 0 fully saturated rings. The van der Waals surface area contributed by atoms with Crippen molar-refractivity contribution in [3.05, 3.63) is 35.4 Å². The predicted molar refractivity (Wildman–Crippen MR) is 56.1 cm³/mol. The largest absolute Gasteiger partial charge is 0.386 e. The molecule has 0 aliphatic rings. The number of halogens is 2. The standard InChI is InChI=1S/C11H15F2NO2/c12-11(13)7-16-6-10(15)9-3-1-8(5-14)2-4-9/h1-4,10-11,15H,5-7,14H2. The van der Waals surface area contributed by atoms with Gasteiger partial charge in [0.2, 0.25) is 0 Å². The molecule has 3 nitrogen and oxygen atoms in total. The molecule has 0 amide bonds. The van der Waals surface area contributed by atoms with Crippen molar-refractivity contribution in [2.45, 2.75) is 19.1 Å². The molecular weight excluding hydrogens is 216 g/mol. The van der Waals surface area contributed by atoms with Crippen molar-refractivity contribution in [3.63, 3.8) is 0 Å². The van der Waals surface area contributed by atoms with E-state index in [1.165, 1.54) is 0 Å². The Balaban J connectivity index is 2.43. The fraction of sp³-hybridized carbons (Fsp3) is 0.455. The first kappa shape index (κ1) is 13.0. The molecule has 0 aromatic heterocycles. The molecule has 0 aliphatic carbocycles. The summed E-state index contributed by atoms with van der Waals surface area (Å²) < 4.78 is 28.2. The Morgan fingerprint density at radius 3 is 2.31 bits per heavy atom. The Kier molecular flexibility index (Phi) is 5.31. The van der Waals surface area contributed by atoms with E-state index in [1.54, 1.807) is 24.3 Å². The lowest BCUT2D eigenvalue weighted by Gasteiger charge is -2.11. The van der Waals surface area contributed by atoms with E-state index >= 15 is 0 Å². The second-order valence-electron chi connectivity index (χ2n) is 3.39. The monoisotopic (exact) mass is 231 g/mol. The third-order valence-electron chi connectivity index (χ3n) is 2.12. The number of aliphatic hydroxyl groups is 1. The van der Waals surface area contributed by atoms with E-state index in [0.717, 1.165) is 5.56 Å². The van der Waals surface area contributed by atoms with Crippen LogP contribution in [0.4, 0.5) is 8.78 Å². The van der Waals surface area contributed by atoms with E-state index in [0.29, 0.717) is 12.1 Å². The smallest absolute Gasteiger partial charge is 0.261 e. The van der Waals surface area contributed by atoms with E-state index < -0.39 is 19.1 Å². The maximum absolute atomic E-state index is 11.8. The fourth-order valence-corrected chi connectivity index (χ4v) is 1.24. The van der Waals surface area contributed by atoms with E-state index in [-0.39, 0.29) is 6.61 Å². The quantitative estimate of drug-likeness (QED) is 0.779. The zero-order valence-electron chi connectivity index (χ0n) is 8.77. The van der Waals surface area contributed by atoms with Crippen LogP contribution in [0.1, 0.15) is 17.2 Å². The zero-order chi connectivity index (χ0) is 12.0. The number of nitrogens with two attached hydrogens (primary N) is 1. The first-order valence-corrected chi connectivity index (χ1v) is 4.96. The summed E-state index contributed by atoms with van der Waals surface area (Å²) in [6.07, 6.45) is -3.39. The molecule has 0 bridgehead atoms. The van der Waals surface area contributed by atoms with E-state index in [4.69, 9.17) is 5.73 Å². The van der Waals surface area contributed by atoms with Gasteiger partial charge in [-0.3, -0.25) is 0 Å². The predicted octanol–water partition coefficient (Wildman–Crippen LogP) is 1.46. The molecule has 3 N–H and O–H groups in total. The average molecular weight is 231 g/mol. The summed E-state index contributed by atoms with van der Waals surface area (Å²) in [6.45, 7) is -0.359. The highest BCUT2D eigenvalue weighted by Gasteiger charge is 2.09. The van der Waals surface area contributed by atoms with Crippen LogP contribution in [-0.4, -0.2) is 24.7 Å². The Labute approximate surface area is 92.8 Å². The molecule has 90 valence electrons. The third kappa shape index (κ3) is 4.22. The first-order valence-electron chi connectivity index (χ1n) is 4.96. The SMILES string of the molecule is NCc1ccc(C(O)COCC(F)F)cc1. The van der Waals surface area contributed by atoms with Crippen LogP contribution < -0.4 is 5.73 Å². The Hall–Kier alpha value is -1.04. The van der Waals surface area contributed by atoms with Crippen LogP contribution in [0.5, 0.6) is 0 Å². The van der Waals surface area contributed by atoms with Crippen LogP contribution in [0.25, 0.3) is 0 Å². The maximum Gasteiger partial charge on any atom is 0.261 e. The second kappa shape index (κ2) is 6.52. The molecule has 0 saturated carbocycles. The minimum atomic E-state index is -2.51. The van der Waals surface area contributed by atoms with Gasteiger partial charge in [0.1, 0.15) is 12.7 Å². The van der Waals surface area contributed by atoms with Gasteiger partial charge in [-0.1, -0.05) is 24.3 Å². The molecule has 0 aliphatic heterocycles. The topological polar surface area (TPSA) is 55.5 Å². The van der Waals surface area contributed by atoms with Crippen molar-refractivity contribution < 1.29 is 18.6 Å². The summed E-state index contributed by atoms with van der Waals surface area (Å²) in [5.41, 5.74) is 7.00. The lowest BCUT2D eigenvalue weighted by Crippen LogP contribution is -2.12. The van der Waals surface area contributed by atoms with Crippen LogP contribution in [-0.2, 0) is 11.3 Å². The van der Waals surface area contributed by atoms with Crippen molar-refractivity contribution in [3.8, 4) is 0 Å². The highest BCUT2D eigenvalue weighted by Crippen LogP contribution is 2.14. The number of benzene rings is 1. The van der Waals surface area contributed by atoms with Crippen molar-refractivity contribution in [1.82, 2.24) is 0 Å². The molecule has 1 unspecified atom stereocenters. The van der Waals surface area contributed by atoms with Gasteiger partial charge in [-0.15, -0.1) is 0 Å². The van der Waals surface area contributed by atoms with Gasteiger partial charge in [-0.25, -0.2) is 8.78 Å². The Morgan fingerprint density at radius 2 is 1.81 bits per heavy atom.